The van der Waals surface area contributed by atoms with Crippen LogP contribution in [-0.2, 0) is 0 Å². The third-order valence-corrected chi connectivity index (χ3v) is 1.33. The molecule has 0 radical (unpaired) electrons. The van der Waals surface area contributed by atoms with Crippen LogP contribution in [0.15, 0.2) is 12.3 Å². The van der Waals surface area contributed by atoms with Crippen LogP contribution < -0.4 is 5.73 Å². The van der Waals surface area contributed by atoms with E-state index in [1.165, 1.54) is 0 Å². The van der Waals surface area contributed by atoms with E-state index in [-0.39, 0.29) is 6.04 Å². The van der Waals surface area contributed by atoms with Gasteiger partial charge in [-0.2, -0.15) is 5.26 Å². The van der Waals surface area contributed by atoms with E-state index in [1.807, 2.05) is 13.0 Å². The predicted octanol–water partition coefficient (Wildman–Crippen LogP) is 0.906. The summed E-state index contributed by atoms with van der Waals surface area (Å²) in [7, 11) is 0. The Hall–Kier alpha value is -1.27. The van der Waals surface area contributed by atoms with Crippen molar-refractivity contribution in [3.63, 3.8) is 0 Å². The average Bonchev–Trinajstić information content (AvgIpc) is 2.34. The van der Waals surface area contributed by atoms with Gasteiger partial charge in [-0.05, 0) is 13.0 Å². The molecule has 0 amide bonds. The monoisotopic (exact) mass is 135 g/mol. The van der Waals surface area contributed by atoms with Gasteiger partial charge in [-0.25, -0.2) is 0 Å². The molecule has 1 rings (SSSR count). The number of aromatic amines is 1. The molecule has 0 bridgehead atoms. The first kappa shape index (κ1) is 6.84. The zero-order chi connectivity index (χ0) is 7.56. The number of nitrogens with two attached hydrogens (primary N) is 1. The number of nitriles is 1. The second-order valence-corrected chi connectivity index (χ2v) is 2.24. The van der Waals surface area contributed by atoms with E-state index in [0.29, 0.717) is 5.56 Å². The Morgan fingerprint density at radius 1 is 1.80 bits per heavy atom. The minimum Gasteiger partial charge on any atom is -0.362 e. The summed E-state index contributed by atoms with van der Waals surface area (Å²) in [4.78, 5) is 2.91. The molecule has 10 heavy (non-hydrogen) atoms. The van der Waals surface area contributed by atoms with Crippen molar-refractivity contribution in [1.82, 2.24) is 4.98 Å². The Bertz CT molecular complexity index is 254. The summed E-state index contributed by atoms with van der Waals surface area (Å²) in [6, 6.07) is 3.74. The summed E-state index contributed by atoms with van der Waals surface area (Å²) in [6.07, 6.45) is 1.65. The quantitative estimate of drug-likeness (QED) is 0.601. The molecule has 1 atom stereocenters. The van der Waals surface area contributed by atoms with Crippen molar-refractivity contribution in [3.8, 4) is 6.07 Å². The van der Waals surface area contributed by atoms with Crippen molar-refractivity contribution in [2.24, 2.45) is 5.73 Å². The van der Waals surface area contributed by atoms with Gasteiger partial charge in [0, 0.05) is 17.9 Å². The normalized spacial score (nSPS) is 12.5. The van der Waals surface area contributed by atoms with Gasteiger partial charge in [-0.15, -0.1) is 0 Å². The number of nitrogens with one attached hydrogen (secondary N) is 1. The van der Waals surface area contributed by atoms with Crippen LogP contribution in [0.4, 0.5) is 0 Å². The van der Waals surface area contributed by atoms with Gasteiger partial charge in [0.15, 0.2) is 0 Å². The standard InChI is InChI=1S/C7H9N3/c1-5(9)7-2-6(3-8)4-10-7/h2,4-5,10H,9H2,1H3/t5-/m1/s1. The molecule has 52 valence electrons. The van der Waals surface area contributed by atoms with Gasteiger partial charge < -0.3 is 10.7 Å². The number of nitrogens with zero attached hydrogens (tertiary/aromatic N) is 1. The fourth-order valence-electron chi connectivity index (χ4n) is 0.739. The number of aromatic nitrogens is 1. The summed E-state index contributed by atoms with van der Waals surface area (Å²) >= 11 is 0. The van der Waals surface area contributed by atoms with Crippen LogP contribution in [0.1, 0.15) is 24.2 Å². The van der Waals surface area contributed by atoms with E-state index in [2.05, 4.69) is 4.98 Å². The molecule has 1 aromatic rings. The highest BCUT2D eigenvalue weighted by molar-refractivity contribution is 5.29. The molecular formula is C7H9N3. The Kier molecular flexibility index (Phi) is 1.74. The molecule has 3 N–H and O–H groups in total. The van der Waals surface area contributed by atoms with E-state index in [0.717, 1.165) is 5.69 Å². The molecule has 0 aromatic carbocycles. The molecular weight excluding hydrogens is 126 g/mol. The lowest BCUT2D eigenvalue weighted by molar-refractivity contribution is 0.789. The van der Waals surface area contributed by atoms with E-state index < -0.39 is 0 Å². The van der Waals surface area contributed by atoms with Crippen molar-refractivity contribution >= 4 is 0 Å². The summed E-state index contributed by atoms with van der Waals surface area (Å²) in [6.45, 7) is 1.87. The van der Waals surface area contributed by atoms with E-state index in [9.17, 15) is 0 Å². The highest BCUT2D eigenvalue weighted by atomic mass is 14.8. The van der Waals surface area contributed by atoms with E-state index >= 15 is 0 Å². The first-order chi connectivity index (χ1) is 4.74. The van der Waals surface area contributed by atoms with Crippen molar-refractivity contribution in [1.29, 1.82) is 5.26 Å². The highest BCUT2D eigenvalue weighted by Gasteiger charge is 2.00. The van der Waals surface area contributed by atoms with E-state index in [1.54, 1.807) is 12.3 Å². The summed E-state index contributed by atoms with van der Waals surface area (Å²) in [5.74, 6) is 0. The molecule has 0 saturated carbocycles. The maximum Gasteiger partial charge on any atom is 0.101 e. The summed E-state index contributed by atoms with van der Waals surface area (Å²) < 4.78 is 0. The number of H-pyrrole nitrogens is 1. The predicted molar refractivity (Wildman–Crippen MR) is 38.1 cm³/mol. The number of hydrogen-bond donors (Lipinski definition) is 2. The molecule has 0 aliphatic heterocycles. The van der Waals surface area contributed by atoms with Crippen LogP contribution >= 0.6 is 0 Å². The topological polar surface area (TPSA) is 65.6 Å². The van der Waals surface area contributed by atoms with Crippen LogP contribution in [0, 0.1) is 11.3 Å². The Morgan fingerprint density at radius 3 is 2.80 bits per heavy atom. The van der Waals surface area contributed by atoms with Crippen molar-refractivity contribution in [2.75, 3.05) is 0 Å². The first-order valence-electron chi connectivity index (χ1n) is 3.08. The van der Waals surface area contributed by atoms with Gasteiger partial charge in [-0.3, -0.25) is 0 Å². The number of hydrogen-bond acceptors (Lipinski definition) is 2. The molecule has 0 aliphatic carbocycles. The SMILES string of the molecule is C[C@@H](N)c1cc(C#N)c[nH]1. The second kappa shape index (κ2) is 2.54. The molecule has 3 heteroatoms. The van der Waals surface area contributed by atoms with Crippen molar-refractivity contribution in [2.45, 2.75) is 13.0 Å². The first-order valence-corrected chi connectivity index (χ1v) is 3.08. The lowest BCUT2D eigenvalue weighted by Crippen LogP contribution is -2.04. The maximum absolute atomic E-state index is 8.42. The number of rotatable bonds is 1. The minimum absolute atomic E-state index is 0.0258. The van der Waals surface area contributed by atoms with Gasteiger partial charge in [0.2, 0.25) is 0 Å². The molecule has 0 saturated heterocycles. The molecule has 0 aliphatic rings. The van der Waals surface area contributed by atoms with Gasteiger partial charge in [0.05, 0.1) is 5.56 Å². The van der Waals surface area contributed by atoms with Gasteiger partial charge in [0.25, 0.3) is 0 Å². The Balaban J connectivity index is 2.91. The van der Waals surface area contributed by atoms with Gasteiger partial charge in [0.1, 0.15) is 6.07 Å². The molecule has 1 heterocycles. The lowest BCUT2D eigenvalue weighted by atomic mass is 10.2. The molecule has 3 nitrogen and oxygen atoms in total. The smallest absolute Gasteiger partial charge is 0.101 e. The summed E-state index contributed by atoms with van der Waals surface area (Å²) in [5, 5.41) is 8.42. The van der Waals surface area contributed by atoms with Crippen molar-refractivity contribution < 1.29 is 0 Å². The van der Waals surface area contributed by atoms with Crippen LogP contribution in [0.5, 0.6) is 0 Å². The lowest BCUT2D eigenvalue weighted by Gasteiger charge is -1.97. The zero-order valence-electron chi connectivity index (χ0n) is 5.76. The van der Waals surface area contributed by atoms with Crippen LogP contribution in [0.2, 0.25) is 0 Å². The van der Waals surface area contributed by atoms with Crippen molar-refractivity contribution in [3.05, 3.63) is 23.5 Å². The molecule has 1 aromatic heterocycles. The third kappa shape index (κ3) is 1.17. The van der Waals surface area contributed by atoms with E-state index in [4.69, 9.17) is 11.0 Å². The maximum atomic E-state index is 8.42. The zero-order valence-corrected chi connectivity index (χ0v) is 5.76. The largest absolute Gasteiger partial charge is 0.362 e. The second-order valence-electron chi connectivity index (χ2n) is 2.24. The van der Waals surface area contributed by atoms with Gasteiger partial charge in [-0.1, -0.05) is 0 Å². The fourth-order valence-corrected chi connectivity index (χ4v) is 0.739. The summed E-state index contributed by atoms with van der Waals surface area (Å²) in [5.41, 5.74) is 7.07. The van der Waals surface area contributed by atoms with Crippen LogP contribution in [-0.4, -0.2) is 4.98 Å². The van der Waals surface area contributed by atoms with Crippen LogP contribution in [0.3, 0.4) is 0 Å². The molecule has 0 spiro atoms. The molecule has 0 fully saturated rings. The average molecular weight is 135 g/mol. The van der Waals surface area contributed by atoms with Crippen LogP contribution in [0.25, 0.3) is 0 Å². The third-order valence-electron chi connectivity index (χ3n) is 1.33. The van der Waals surface area contributed by atoms with Gasteiger partial charge >= 0.3 is 0 Å². The Labute approximate surface area is 59.5 Å². The highest BCUT2D eigenvalue weighted by Crippen LogP contribution is 2.08. The minimum atomic E-state index is -0.0258. The molecule has 0 unspecified atom stereocenters. The fraction of sp³-hybridized carbons (Fsp3) is 0.286. The Morgan fingerprint density at radius 2 is 2.50 bits per heavy atom.